The van der Waals surface area contributed by atoms with Crippen LogP contribution < -0.4 is 20.2 Å². The Hall–Kier alpha value is -4.50. The molecule has 3 aliphatic rings. The van der Waals surface area contributed by atoms with Gasteiger partial charge in [-0.3, -0.25) is 23.9 Å². The number of ether oxygens (including phenoxy) is 2. The number of unbranched alkanes of at least 4 members (excludes halogenated alkanes) is 2. The van der Waals surface area contributed by atoms with Crippen molar-refractivity contribution < 1.29 is 36.7 Å². The number of fused-ring (bicyclic) bond motifs is 1. The molecule has 0 radical (unpaired) electrons. The summed E-state index contributed by atoms with van der Waals surface area (Å²) in [4.78, 5) is 56.4. The summed E-state index contributed by atoms with van der Waals surface area (Å²) in [5.74, 6) is 2.25. The lowest BCUT2D eigenvalue weighted by Crippen LogP contribution is -2.49. The predicted molar refractivity (Wildman–Crippen MR) is 207 cm³/mol. The molecule has 3 amide bonds. The maximum absolute atomic E-state index is 12.5. The molecule has 1 unspecified atom stereocenters. The zero-order valence-electron chi connectivity index (χ0n) is 32.2. The number of carbonyl (C=O) groups excluding carboxylic acids is 3. The highest BCUT2D eigenvalue weighted by molar-refractivity contribution is 7.90. The van der Waals surface area contributed by atoms with Gasteiger partial charge in [0.05, 0.1) is 23.6 Å². The van der Waals surface area contributed by atoms with Gasteiger partial charge in [-0.25, -0.2) is 13.4 Å². The van der Waals surface area contributed by atoms with Crippen LogP contribution in [0.3, 0.4) is 0 Å². The number of nitrogens with zero attached hydrogens (tertiary/aromatic N) is 2. The molecule has 2 aliphatic carbocycles. The van der Waals surface area contributed by atoms with Gasteiger partial charge in [-0.15, -0.1) is 6.58 Å². The first-order valence-corrected chi connectivity index (χ1v) is 20.2. The number of likely N-dealkylation sites (tertiary alicyclic amines) is 1. The number of aromatic amines is 1. The lowest BCUT2D eigenvalue weighted by atomic mass is 10.1. The Morgan fingerprint density at radius 3 is 2.44 bits per heavy atom. The van der Waals surface area contributed by atoms with Crippen molar-refractivity contribution >= 4 is 39.2 Å². The predicted octanol–water partition coefficient (Wildman–Crippen LogP) is 5.17. The van der Waals surface area contributed by atoms with E-state index in [1.54, 1.807) is 35.8 Å². The molecular formula is C39H55N5O9S. The van der Waals surface area contributed by atoms with E-state index in [0.717, 1.165) is 61.8 Å². The van der Waals surface area contributed by atoms with Gasteiger partial charge in [0.25, 0.3) is 5.91 Å². The average molecular weight is 770 g/mol. The number of benzene rings is 1. The second kappa shape index (κ2) is 19.2. The molecule has 3 fully saturated rings. The van der Waals surface area contributed by atoms with Crippen LogP contribution in [-0.2, 0) is 29.1 Å². The number of sulfonamides is 1. The van der Waals surface area contributed by atoms with Gasteiger partial charge in [-0.05, 0) is 90.7 Å². The summed E-state index contributed by atoms with van der Waals surface area (Å²) in [5.41, 5.74) is 2.95. The van der Waals surface area contributed by atoms with Crippen LogP contribution in [0.2, 0.25) is 0 Å². The third-order valence-corrected chi connectivity index (χ3v) is 11.2. The number of H-pyrrole nitrogens is 1. The molecule has 15 heteroatoms. The zero-order valence-corrected chi connectivity index (χ0v) is 33.1. The van der Waals surface area contributed by atoms with Gasteiger partial charge in [0.1, 0.15) is 29.3 Å². The molecule has 0 bridgehead atoms. The van der Waals surface area contributed by atoms with E-state index in [9.17, 15) is 27.6 Å². The van der Waals surface area contributed by atoms with Crippen molar-refractivity contribution in [3.05, 3.63) is 58.3 Å². The summed E-state index contributed by atoms with van der Waals surface area (Å²) in [5, 5.41) is 3.34. The fourth-order valence-corrected chi connectivity index (χ4v) is 7.11. The Morgan fingerprint density at radius 1 is 1.13 bits per heavy atom. The van der Waals surface area contributed by atoms with Gasteiger partial charge in [0, 0.05) is 42.1 Å². The fourth-order valence-electron chi connectivity index (χ4n) is 6.03. The number of rotatable bonds is 15. The van der Waals surface area contributed by atoms with Crippen LogP contribution in [0.5, 0.6) is 5.75 Å². The molecule has 54 heavy (non-hydrogen) atoms. The van der Waals surface area contributed by atoms with Crippen LogP contribution in [-0.4, -0.2) is 85.2 Å². The molecule has 1 aliphatic heterocycles. The smallest absolute Gasteiger partial charge is 0.252 e. The van der Waals surface area contributed by atoms with Crippen LogP contribution in [0.1, 0.15) is 102 Å². The Bertz CT molecular complexity index is 1950. The molecule has 2 atom stereocenters. The van der Waals surface area contributed by atoms with E-state index < -0.39 is 16.1 Å². The number of carbonyl (C=O) groups is 3. The zero-order chi connectivity index (χ0) is 39.6. The highest BCUT2D eigenvalue weighted by atomic mass is 32.2. The minimum atomic E-state index is -3.26. The first kappa shape index (κ1) is 42.2. The second-order valence-electron chi connectivity index (χ2n) is 14.2. The summed E-state index contributed by atoms with van der Waals surface area (Å²) in [6.07, 6.45) is 9.70. The van der Waals surface area contributed by atoms with Crippen molar-refractivity contribution in [2.75, 3.05) is 20.3 Å². The first-order valence-electron chi connectivity index (χ1n) is 18.7. The van der Waals surface area contributed by atoms with E-state index in [1.165, 1.54) is 0 Å². The molecule has 296 valence electrons. The summed E-state index contributed by atoms with van der Waals surface area (Å²) in [6.45, 7) is 14.5. The lowest BCUT2D eigenvalue weighted by Gasteiger charge is -2.26. The van der Waals surface area contributed by atoms with E-state index in [2.05, 4.69) is 21.9 Å². The molecule has 3 heterocycles. The van der Waals surface area contributed by atoms with Crippen molar-refractivity contribution in [1.82, 2.24) is 24.9 Å². The standard InChI is InChI=1S/C18H20N2O3.C17H28N2O3.C4H7NO3S/c1-9(2)18-20-17(11(4)23-18)13-8-14(21)12-6-7-15(22-5)10(3)16(12)19-13;1-3-4-5-6-12-22-13(2)17(21)19-11-7-8-15(19)16(20)18-14-9-10-14;6-3-5-9(7,8)4-1-2-4/h6-9H,1-5H3,(H,19,21);3,13-15H,1,4-12H2,2H3,(H,18,20);3-4H,1-2H2,(H,5,6)/t;13-,15?;/m.1./s1. The largest absolute Gasteiger partial charge is 0.496 e. The topological polar surface area (TPSA) is 190 Å². The number of nitrogens with one attached hydrogen (secondary N) is 3. The number of hydrogen-bond acceptors (Lipinski definition) is 10. The van der Waals surface area contributed by atoms with E-state index in [4.69, 9.17) is 13.9 Å². The molecule has 1 aromatic carbocycles. The molecule has 2 saturated carbocycles. The Balaban J connectivity index is 0.000000197. The Kier molecular flexibility index (Phi) is 15.0. The van der Waals surface area contributed by atoms with E-state index >= 15 is 0 Å². The molecule has 14 nitrogen and oxygen atoms in total. The highest BCUT2D eigenvalue weighted by Crippen LogP contribution is 2.29. The monoisotopic (exact) mass is 769 g/mol. The number of allylic oxidation sites excluding steroid dienone is 1. The molecule has 6 rings (SSSR count). The van der Waals surface area contributed by atoms with Crippen molar-refractivity contribution in [3.8, 4) is 17.1 Å². The van der Waals surface area contributed by atoms with E-state index in [1.807, 2.05) is 39.8 Å². The van der Waals surface area contributed by atoms with E-state index in [0.29, 0.717) is 60.5 Å². The quantitative estimate of drug-likeness (QED) is 0.106. The molecule has 3 N–H and O–H groups in total. The molecule has 0 spiro atoms. The summed E-state index contributed by atoms with van der Waals surface area (Å²) >= 11 is 0. The minimum Gasteiger partial charge on any atom is -0.496 e. The van der Waals surface area contributed by atoms with Crippen LogP contribution in [0.4, 0.5) is 0 Å². The lowest BCUT2D eigenvalue weighted by molar-refractivity contribution is -0.147. The van der Waals surface area contributed by atoms with Crippen LogP contribution in [0.25, 0.3) is 22.3 Å². The fraction of sp³-hybridized carbons (Fsp3) is 0.564. The molecule has 3 aromatic rings. The third kappa shape index (κ3) is 11.3. The van der Waals surface area contributed by atoms with Crippen molar-refractivity contribution in [3.63, 3.8) is 0 Å². The number of amides is 3. The molecule has 2 aromatic heterocycles. The summed E-state index contributed by atoms with van der Waals surface area (Å²) in [6, 6.07) is 5.19. The van der Waals surface area contributed by atoms with Crippen LogP contribution in [0.15, 0.2) is 40.1 Å². The van der Waals surface area contributed by atoms with Gasteiger partial charge in [0.15, 0.2) is 11.3 Å². The maximum Gasteiger partial charge on any atom is 0.252 e. The van der Waals surface area contributed by atoms with Gasteiger partial charge >= 0.3 is 0 Å². The summed E-state index contributed by atoms with van der Waals surface area (Å²) in [7, 11) is -1.64. The minimum absolute atomic E-state index is 0.00605. The van der Waals surface area contributed by atoms with Gasteiger partial charge in [-0.1, -0.05) is 19.9 Å². The first-order chi connectivity index (χ1) is 25.7. The normalized spacial score (nSPS) is 17.2. The second-order valence-corrected chi connectivity index (χ2v) is 16.2. The van der Waals surface area contributed by atoms with Gasteiger partial charge < -0.3 is 29.1 Å². The number of oxazole rings is 1. The van der Waals surface area contributed by atoms with Gasteiger partial charge in [-0.2, -0.15) is 0 Å². The van der Waals surface area contributed by atoms with Crippen molar-refractivity contribution in [2.45, 2.75) is 122 Å². The van der Waals surface area contributed by atoms with Gasteiger partial charge in [0.2, 0.25) is 22.3 Å². The van der Waals surface area contributed by atoms with Crippen LogP contribution >= 0.6 is 0 Å². The maximum atomic E-state index is 12.5. The molecular weight excluding hydrogens is 715 g/mol. The van der Waals surface area contributed by atoms with E-state index in [-0.39, 0.29) is 40.9 Å². The molecule has 1 saturated heterocycles. The Labute approximate surface area is 317 Å². The third-order valence-electron chi connectivity index (χ3n) is 9.45. The SMILES string of the molecule is C=CCCCCO[C@H](C)C(=O)N1CCCC1C(=O)NC1CC1.COc1ccc2c(=O)cc(-c3nc(C(C)C)oc3C)[nH]c2c1C.O=CNS(=O)(=O)C1CC1. The number of pyridine rings is 1. The number of methoxy groups -OCH3 is 1. The van der Waals surface area contributed by atoms with Crippen molar-refractivity contribution in [2.24, 2.45) is 0 Å². The highest BCUT2D eigenvalue weighted by Gasteiger charge is 2.38. The van der Waals surface area contributed by atoms with Crippen molar-refractivity contribution in [1.29, 1.82) is 0 Å². The average Bonchev–Trinajstić information content (AvgIpc) is 4.07. The number of hydrogen-bond donors (Lipinski definition) is 3. The number of aryl methyl sites for hydroxylation is 2. The number of aromatic nitrogens is 2. The summed E-state index contributed by atoms with van der Waals surface area (Å²) < 4.78 is 39.7. The Morgan fingerprint density at radius 2 is 1.85 bits per heavy atom. The van der Waals surface area contributed by atoms with Crippen LogP contribution in [0, 0.1) is 13.8 Å².